The first-order valence-corrected chi connectivity index (χ1v) is 13.1. The standard InChI is InChI=1S/C30H24N4O2S/c31-19-25-28(32-13-15-33(16-14-32)30(36)27-10-5-17-37-27)24-8-3-4-9-26(24)34(29(25)35)20-21-11-12-22-6-1-2-7-23(22)18-21/h1-12,17-18H,13-16,20H2. The van der Waals surface area contributed by atoms with Crippen LogP contribution in [0.3, 0.4) is 0 Å². The molecule has 182 valence electrons. The summed E-state index contributed by atoms with van der Waals surface area (Å²) in [6, 6.07) is 28.1. The van der Waals surface area contributed by atoms with Crippen molar-refractivity contribution in [1.29, 1.82) is 5.26 Å². The predicted octanol–water partition coefficient (Wildman–Crippen LogP) is 5.10. The van der Waals surface area contributed by atoms with Crippen LogP contribution >= 0.6 is 11.3 Å². The van der Waals surface area contributed by atoms with Crippen molar-refractivity contribution in [3.63, 3.8) is 0 Å². The van der Waals surface area contributed by atoms with E-state index in [1.54, 1.807) is 4.57 Å². The van der Waals surface area contributed by atoms with E-state index in [1.807, 2.05) is 64.9 Å². The third kappa shape index (κ3) is 4.15. The maximum Gasteiger partial charge on any atom is 0.271 e. The number of carbonyl (C=O) groups excluding carboxylic acids is 1. The monoisotopic (exact) mass is 504 g/mol. The number of hydrogen-bond acceptors (Lipinski definition) is 5. The van der Waals surface area contributed by atoms with Crippen LogP contribution in [0, 0.1) is 11.3 Å². The normalized spacial score (nSPS) is 13.7. The second kappa shape index (κ2) is 9.57. The molecule has 1 aliphatic rings. The molecular formula is C30H24N4O2S. The first-order chi connectivity index (χ1) is 18.1. The number of nitrogens with zero attached hydrogens (tertiary/aromatic N) is 4. The van der Waals surface area contributed by atoms with Crippen LogP contribution in [0.1, 0.15) is 20.8 Å². The van der Waals surface area contributed by atoms with Gasteiger partial charge in [0.25, 0.3) is 11.5 Å². The van der Waals surface area contributed by atoms with Crippen molar-refractivity contribution in [3.8, 4) is 6.07 Å². The largest absolute Gasteiger partial charge is 0.366 e. The van der Waals surface area contributed by atoms with Gasteiger partial charge in [-0.2, -0.15) is 5.26 Å². The van der Waals surface area contributed by atoms with Gasteiger partial charge < -0.3 is 14.4 Å². The molecule has 6 nitrogen and oxygen atoms in total. The number of para-hydroxylation sites is 1. The lowest BCUT2D eigenvalue weighted by Gasteiger charge is -2.37. The molecular weight excluding hydrogens is 480 g/mol. The molecule has 0 radical (unpaired) electrons. The van der Waals surface area contributed by atoms with E-state index >= 15 is 0 Å². The summed E-state index contributed by atoms with van der Waals surface area (Å²) in [5, 5.41) is 15.2. The number of pyridine rings is 1. The Hall–Kier alpha value is -4.41. The van der Waals surface area contributed by atoms with Crippen LogP contribution in [0.15, 0.2) is 89.0 Å². The molecule has 5 aromatic rings. The Labute approximate surface area is 218 Å². The second-order valence-electron chi connectivity index (χ2n) is 9.18. The fourth-order valence-electron chi connectivity index (χ4n) is 5.18. The topological polar surface area (TPSA) is 69.3 Å². The van der Waals surface area contributed by atoms with E-state index in [1.165, 1.54) is 11.3 Å². The summed E-state index contributed by atoms with van der Waals surface area (Å²) in [6.45, 7) is 2.57. The summed E-state index contributed by atoms with van der Waals surface area (Å²) in [4.78, 5) is 31.2. The van der Waals surface area contributed by atoms with Crippen molar-refractivity contribution in [1.82, 2.24) is 9.47 Å². The Morgan fingerprint density at radius 1 is 0.892 bits per heavy atom. The Balaban J connectivity index is 1.37. The summed E-state index contributed by atoms with van der Waals surface area (Å²) in [5.74, 6) is 0.0332. The van der Waals surface area contributed by atoms with E-state index in [0.29, 0.717) is 38.4 Å². The van der Waals surface area contributed by atoms with Gasteiger partial charge in [-0.25, -0.2) is 0 Å². The molecule has 1 aliphatic heterocycles. The molecule has 6 rings (SSSR count). The number of benzene rings is 3. The SMILES string of the molecule is N#Cc1c(N2CCN(C(=O)c3cccs3)CC2)c2ccccc2n(Cc2ccc3ccccc3c2)c1=O. The Kier molecular flexibility index (Phi) is 5.95. The maximum atomic E-state index is 13.7. The molecule has 1 fully saturated rings. The number of fused-ring (bicyclic) bond motifs is 2. The van der Waals surface area contributed by atoms with Crippen molar-refractivity contribution in [2.75, 3.05) is 31.1 Å². The number of nitriles is 1. The van der Waals surface area contributed by atoms with E-state index in [9.17, 15) is 14.9 Å². The van der Waals surface area contributed by atoms with E-state index in [0.717, 1.165) is 32.1 Å². The molecule has 3 aromatic carbocycles. The minimum atomic E-state index is -0.290. The number of thiophene rings is 1. The van der Waals surface area contributed by atoms with Gasteiger partial charge in [-0.1, -0.05) is 60.7 Å². The first kappa shape index (κ1) is 23.0. The number of carbonyl (C=O) groups is 1. The summed E-state index contributed by atoms with van der Waals surface area (Å²) >= 11 is 1.44. The molecule has 0 unspecified atom stereocenters. The molecule has 7 heteroatoms. The van der Waals surface area contributed by atoms with Crippen LogP contribution in [-0.4, -0.2) is 41.6 Å². The summed E-state index contributed by atoms with van der Waals surface area (Å²) in [7, 11) is 0. The van der Waals surface area contributed by atoms with Gasteiger partial charge in [-0.05, 0) is 39.9 Å². The van der Waals surface area contributed by atoms with Gasteiger partial charge >= 0.3 is 0 Å². The molecule has 0 spiro atoms. The van der Waals surface area contributed by atoms with Gasteiger partial charge in [0.2, 0.25) is 0 Å². The molecule has 0 saturated carbocycles. The van der Waals surface area contributed by atoms with E-state index < -0.39 is 0 Å². The number of hydrogen-bond donors (Lipinski definition) is 0. The van der Waals surface area contributed by atoms with Crippen molar-refractivity contribution in [2.24, 2.45) is 0 Å². The molecule has 1 amide bonds. The second-order valence-corrected chi connectivity index (χ2v) is 10.1. The van der Waals surface area contributed by atoms with Gasteiger partial charge in [0.15, 0.2) is 0 Å². The maximum absolute atomic E-state index is 13.7. The van der Waals surface area contributed by atoms with E-state index in [2.05, 4.69) is 35.2 Å². The first-order valence-electron chi connectivity index (χ1n) is 12.2. The molecule has 3 heterocycles. The third-order valence-electron chi connectivity index (χ3n) is 7.03. The number of aromatic nitrogens is 1. The van der Waals surface area contributed by atoms with Crippen LogP contribution in [-0.2, 0) is 6.54 Å². The summed E-state index contributed by atoms with van der Waals surface area (Å²) in [5.41, 5.74) is 2.33. The fraction of sp³-hybridized carbons (Fsp3) is 0.167. The Morgan fingerprint density at radius 3 is 2.41 bits per heavy atom. The molecule has 2 aromatic heterocycles. The van der Waals surface area contributed by atoms with Crippen LogP contribution < -0.4 is 10.5 Å². The van der Waals surface area contributed by atoms with E-state index in [4.69, 9.17) is 0 Å². The highest BCUT2D eigenvalue weighted by Crippen LogP contribution is 2.30. The average molecular weight is 505 g/mol. The van der Waals surface area contributed by atoms with Crippen molar-refractivity contribution >= 4 is 44.6 Å². The van der Waals surface area contributed by atoms with Crippen molar-refractivity contribution in [3.05, 3.63) is 111 Å². The Bertz CT molecular complexity index is 1720. The number of piperazine rings is 1. The number of anilines is 1. The predicted molar refractivity (Wildman–Crippen MR) is 148 cm³/mol. The van der Waals surface area contributed by atoms with E-state index in [-0.39, 0.29) is 17.0 Å². The minimum absolute atomic E-state index is 0.0332. The average Bonchev–Trinajstić information content (AvgIpc) is 3.49. The lowest BCUT2D eigenvalue weighted by Crippen LogP contribution is -2.49. The molecule has 0 N–H and O–H groups in total. The van der Waals surface area contributed by atoms with Gasteiger partial charge in [-0.15, -0.1) is 11.3 Å². The third-order valence-corrected chi connectivity index (χ3v) is 7.89. The van der Waals surface area contributed by atoms with Crippen LogP contribution in [0.5, 0.6) is 0 Å². The van der Waals surface area contributed by atoms with Gasteiger partial charge in [0.1, 0.15) is 11.6 Å². The highest BCUT2D eigenvalue weighted by Gasteiger charge is 2.27. The van der Waals surface area contributed by atoms with Crippen LogP contribution in [0.25, 0.3) is 21.7 Å². The molecule has 1 saturated heterocycles. The zero-order valence-corrected chi connectivity index (χ0v) is 20.9. The van der Waals surface area contributed by atoms with Crippen LogP contribution in [0.2, 0.25) is 0 Å². The van der Waals surface area contributed by atoms with Crippen molar-refractivity contribution < 1.29 is 4.79 Å². The smallest absolute Gasteiger partial charge is 0.271 e. The van der Waals surface area contributed by atoms with Gasteiger partial charge in [-0.3, -0.25) is 9.59 Å². The molecule has 0 atom stereocenters. The molecule has 37 heavy (non-hydrogen) atoms. The van der Waals surface area contributed by atoms with Gasteiger partial charge in [0, 0.05) is 31.6 Å². The van der Waals surface area contributed by atoms with Crippen molar-refractivity contribution in [2.45, 2.75) is 6.54 Å². The highest BCUT2D eigenvalue weighted by atomic mass is 32.1. The summed E-state index contributed by atoms with van der Waals surface area (Å²) < 4.78 is 1.71. The fourth-order valence-corrected chi connectivity index (χ4v) is 5.88. The number of rotatable bonds is 4. The quantitative estimate of drug-likeness (QED) is 0.342. The number of amides is 1. The molecule has 0 aliphatic carbocycles. The highest BCUT2D eigenvalue weighted by molar-refractivity contribution is 7.12. The Morgan fingerprint density at radius 2 is 1.65 bits per heavy atom. The summed E-state index contributed by atoms with van der Waals surface area (Å²) in [6.07, 6.45) is 0. The van der Waals surface area contributed by atoms with Gasteiger partial charge in [0.05, 0.1) is 22.6 Å². The molecule has 0 bridgehead atoms. The lowest BCUT2D eigenvalue weighted by atomic mass is 10.0. The minimum Gasteiger partial charge on any atom is -0.366 e. The van der Waals surface area contributed by atoms with Crippen LogP contribution in [0.4, 0.5) is 5.69 Å². The zero-order valence-electron chi connectivity index (χ0n) is 20.1. The zero-order chi connectivity index (χ0) is 25.4. The lowest BCUT2D eigenvalue weighted by molar-refractivity contribution is 0.0751.